The van der Waals surface area contributed by atoms with Crippen molar-refractivity contribution in [2.24, 2.45) is 0 Å². The Hall–Kier alpha value is -0.670. The molecule has 2 N–H and O–H groups in total. The smallest absolute Gasteiger partial charge is 0.330 e. The molecule has 0 radical (unpaired) electrons. The van der Waals surface area contributed by atoms with E-state index in [4.69, 9.17) is 9.84 Å². The van der Waals surface area contributed by atoms with Gasteiger partial charge in [0.2, 0.25) is 0 Å². The molecule has 1 unspecified atom stereocenters. The summed E-state index contributed by atoms with van der Waals surface area (Å²) in [4.78, 5) is 25.5. The number of rotatable bonds is 3. The molecule has 3 atom stereocenters. The molecule has 0 amide bonds. The number of nitrogens with zero attached hydrogens (tertiary/aromatic N) is 1. The first-order valence-electron chi connectivity index (χ1n) is 5.81. The molecule has 1 saturated heterocycles. The van der Waals surface area contributed by atoms with Crippen molar-refractivity contribution in [3.8, 4) is 0 Å². The molecule has 18 heavy (non-hydrogen) atoms. The Morgan fingerprint density at radius 1 is 1.61 bits per heavy atom. The van der Waals surface area contributed by atoms with E-state index in [1.807, 2.05) is 6.92 Å². The molecule has 0 saturated carbocycles. The van der Waals surface area contributed by atoms with E-state index in [2.05, 4.69) is 27.6 Å². The first-order chi connectivity index (χ1) is 8.56. The quantitative estimate of drug-likeness (QED) is 0.591. The maximum atomic E-state index is 11.8. The van der Waals surface area contributed by atoms with Crippen LogP contribution in [0.5, 0.6) is 0 Å². The summed E-state index contributed by atoms with van der Waals surface area (Å²) in [6.07, 6.45) is 2.06. The van der Waals surface area contributed by atoms with E-state index in [-0.39, 0.29) is 22.2 Å². The van der Waals surface area contributed by atoms with Crippen molar-refractivity contribution in [1.82, 2.24) is 9.55 Å². The van der Waals surface area contributed by atoms with E-state index in [1.54, 1.807) is 6.20 Å². The molecule has 2 heterocycles. The SMILES string of the molecule is CCc1cn([C@H]2CC(I)[C@@H](CO)O2)c(=O)[nH]c1=O. The number of aryl methyl sites for hydroxylation is 1. The number of aliphatic hydroxyl groups excluding tert-OH is 1. The summed E-state index contributed by atoms with van der Waals surface area (Å²) in [6.45, 7) is 1.79. The number of hydrogen-bond acceptors (Lipinski definition) is 4. The summed E-state index contributed by atoms with van der Waals surface area (Å²) in [5.74, 6) is 0. The van der Waals surface area contributed by atoms with Crippen LogP contribution in [0.15, 0.2) is 15.8 Å². The van der Waals surface area contributed by atoms with Gasteiger partial charge >= 0.3 is 5.69 Å². The Bertz CT molecular complexity index is 539. The van der Waals surface area contributed by atoms with Crippen LogP contribution in [0.4, 0.5) is 0 Å². The minimum atomic E-state index is -0.468. The highest BCUT2D eigenvalue weighted by Gasteiger charge is 2.34. The Morgan fingerprint density at radius 3 is 2.89 bits per heavy atom. The highest BCUT2D eigenvalue weighted by Crippen LogP contribution is 2.32. The van der Waals surface area contributed by atoms with Crippen molar-refractivity contribution in [1.29, 1.82) is 0 Å². The second kappa shape index (κ2) is 5.54. The predicted octanol–water partition coefficient (Wildman–Crippen LogP) is 0.182. The van der Waals surface area contributed by atoms with Crippen LogP contribution < -0.4 is 11.2 Å². The Balaban J connectivity index is 2.35. The molecule has 7 heteroatoms. The average Bonchev–Trinajstić information content (AvgIpc) is 2.70. The van der Waals surface area contributed by atoms with Crippen LogP contribution in [0.1, 0.15) is 25.1 Å². The Morgan fingerprint density at radius 2 is 2.33 bits per heavy atom. The number of aromatic nitrogens is 2. The highest BCUT2D eigenvalue weighted by molar-refractivity contribution is 14.1. The van der Waals surface area contributed by atoms with Gasteiger partial charge in [0.05, 0.1) is 12.7 Å². The third-order valence-corrected chi connectivity index (χ3v) is 4.39. The van der Waals surface area contributed by atoms with Gasteiger partial charge in [-0.3, -0.25) is 14.3 Å². The van der Waals surface area contributed by atoms with E-state index in [9.17, 15) is 9.59 Å². The molecular formula is C11H15IN2O4. The summed E-state index contributed by atoms with van der Waals surface area (Å²) in [6, 6.07) is 0. The lowest BCUT2D eigenvalue weighted by atomic mass is 10.2. The van der Waals surface area contributed by atoms with Crippen molar-refractivity contribution < 1.29 is 9.84 Å². The largest absolute Gasteiger partial charge is 0.394 e. The molecule has 0 aliphatic carbocycles. The number of aromatic amines is 1. The molecule has 6 nitrogen and oxygen atoms in total. The van der Waals surface area contributed by atoms with E-state index < -0.39 is 11.9 Å². The minimum Gasteiger partial charge on any atom is -0.394 e. The van der Waals surface area contributed by atoms with Crippen LogP contribution in [0.25, 0.3) is 0 Å². The van der Waals surface area contributed by atoms with E-state index >= 15 is 0 Å². The first kappa shape index (κ1) is 13.8. The van der Waals surface area contributed by atoms with Gasteiger partial charge in [-0.15, -0.1) is 0 Å². The number of nitrogens with one attached hydrogen (secondary N) is 1. The van der Waals surface area contributed by atoms with Crippen molar-refractivity contribution in [3.05, 3.63) is 32.6 Å². The van der Waals surface area contributed by atoms with E-state index in [0.29, 0.717) is 18.4 Å². The third kappa shape index (κ3) is 2.52. The van der Waals surface area contributed by atoms with Crippen molar-refractivity contribution in [2.75, 3.05) is 6.61 Å². The molecule has 2 rings (SSSR count). The number of aliphatic hydroxyl groups is 1. The zero-order valence-electron chi connectivity index (χ0n) is 9.93. The van der Waals surface area contributed by atoms with E-state index in [0.717, 1.165) is 0 Å². The molecule has 1 aliphatic rings. The molecular weight excluding hydrogens is 351 g/mol. The van der Waals surface area contributed by atoms with Crippen LogP contribution in [0.2, 0.25) is 0 Å². The van der Waals surface area contributed by atoms with Crippen molar-refractivity contribution in [2.45, 2.75) is 36.0 Å². The molecule has 0 bridgehead atoms. The number of hydrogen-bond donors (Lipinski definition) is 2. The Kier molecular flexibility index (Phi) is 4.23. The molecule has 1 aromatic rings. The fraction of sp³-hybridized carbons (Fsp3) is 0.636. The fourth-order valence-corrected chi connectivity index (χ4v) is 2.85. The third-order valence-electron chi connectivity index (χ3n) is 3.07. The fourth-order valence-electron chi connectivity index (χ4n) is 2.02. The van der Waals surface area contributed by atoms with Gasteiger partial charge in [-0.25, -0.2) is 4.79 Å². The maximum Gasteiger partial charge on any atom is 0.330 e. The van der Waals surface area contributed by atoms with Gasteiger partial charge in [-0.1, -0.05) is 29.5 Å². The average molecular weight is 366 g/mol. The minimum absolute atomic E-state index is 0.0666. The topological polar surface area (TPSA) is 84.3 Å². The Labute approximate surface area is 117 Å². The van der Waals surface area contributed by atoms with Crippen molar-refractivity contribution >= 4 is 22.6 Å². The zero-order valence-corrected chi connectivity index (χ0v) is 12.1. The maximum absolute atomic E-state index is 11.8. The van der Waals surface area contributed by atoms with Crippen LogP contribution >= 0.6 is 22.6 Å². The van der Waals surface area contributed by atoms with Crippen LogP contribution in [0.3, 0.4) is 0 Å². The summed E-state index contributed by atoms with van der Waals surface area (Å²) in [5, 5.41) is 9.14. The second-order valence-electron chi connectivity index (χ2n) is 4.24. The number of ether oxygens (including phenoxy) is 1. The normalized spacial score (nSPS) is 27.6. The van der Waals surface area contributed by atoms with Crippen LogP contribution in [-0.2, 0) is 11.2 Å². The van der Waals surface area contributed by atoms with Crippen LogP contribution in [-0.4, -0.2) is 31.3 Å². The number of alkyl halides is 1. The standard InChI is InChI=1S/C11H15IN2O4/c1-2-6-4-14(11(17)13-10(6)16)9-3-7(12)8(5-15)18-9/h4,7-9,15H,2-3,5H2,1H3,(H,13,16,17)/t7?,8-,9-/m1/s1. The second-order valence-corrected chi connectivity index (χ2v) is 5.84. The zero-order chi connectivity index (χ0) is 13.3. The van der Waals surface area contributed by atoms with Gasteiger partial charge in [-0.2, -0.15) is 0 Å². The van der Waals surface area contributed by atoms with Crippen molar-refractivity contribution in [3.63, 3.8) is 0 Å². The summed E-state index contributed by atoms with van der Waals surface area (Å²) in [7, 11) is 0. The lowest BCUT2D eigenvalue weighted by Crippen LogP contribution is -2.34. The lowest BCUT2D eigenvalue weighted by molar-refractivity contribution is -0.0232. The lowest BCUT2D eigenvalue weighted by Gasteiger charge is -2.15. The van der Waals surface area contributed by atoms with Gasteiger partial charge in [0.25, 0.3) is 5.56 Å². The molecule has 0 spiro atoms. The molecule has 1 fully saturated rings. The summed E-state index contributed by atoms with van der Waals surface area (Å²) >= 11 is 2.20. The predicted molar refractivity (Wildman–Crippen MR) is 74.1 cm³/mol. The van der Waals surface area contributed by atoms with Gasteiger partial charge in [0, 0.05) is 22.1 Å². The molecule has 0 aromatic carbocycles. The van der Waals surface area contributed by atoms with Gasteiger partial charge in [0.1, 0.15) is 6.23 Å². The van der Waals surface area contributed by atoms with Gasteiger partial charge in [0.15, 0.2) is 0 Å². The first-order valence-corrected chi connectivity index (χ1v) is 7.06. The van der Waals surface area contributed by atoms with Crippen LogP contribution in [0, 0.1) is 0 Å². The molecule has 1 aromatic heterocycles. The molecule has 100 valence electrons. The van der Waals surface area contributed by atoms with E-state index in [1.165, 1.54) is 4.57 Å². The van der Waals surface area contributed by atoms with Gasteiger partial charge in [-0.05, 0) is 6.42 Å². The number of H-pyrrole nitrogens is 1. The molecule has 1 aliphatic heterocycles. The highest BCUT2D eigenvalue weighted by atomic mass is 127. The number of halogens is 1. The summed E-state index contributed by atoms with van der Waals surface area (Å²) in [5.41, 5.74) is -0.262. The summed E-state index contributed by atoms with van der Waals surface area (Å²) < 4.78 is 7.17. The van der Waals surface area contributed by atoms with Gasteiger partial charge < -0.3 is 9.84 Å². The monoisotopic (exact) mass is 366 g/mol.